The van der Waals surface area contributed by atoms with Crippen LogP contribution in [0.2, 0.25) is 0 Å². The normalized spacial score (nSPS) is 13.3. The van der Waals surface area contributed by atoms with E-state index < -0.39 is 34.7 Å². The lowest BCUT2D eigenvalue weighted by Crippen LogP contribution is -2.54. The Bertz CT molecular complexity index is 853. The van der Waals surface area contributed by atoms with Gasteiger partial charge in [-0.15, -0.1) is 0 Å². The average Bonchev–Trinajstić information content (AvgIpc) is 2.62. The molecule has 0 heterocycles. The highest BCUT2D eigenvalue weighted by atomic mass is 19.1. The van der Waals surface area contributed by atoms with Gasteiger partial charge >= 0.3 is 11.9 Å². The average molecular weight is 386 g/mol. The standard InChI is InChI=1S/C22H23FO5/c1-15(24)22(20(26)28-21(2,3)4,14-16-10-12-18(23)13-11-16)27-19(25)17-8-6-5-7-9-17/h5-13H,14H2,1-4H3/t22-/m1/s1. The molecule has 0 fully saturated rings. The van der Waals surface area contributed by atoms with Crippen molar-refractivity contribution < 1.29 is 28.2 Å². The first-order chi connectivity index (χ1) is 13.0. The van der Waals surface area contributed by atoms with Crippen LogP contribution < -0.4 is 0 Å². The van der Waals surface area contributed by atoms with Crippen molar-refractivity contribution >= 4 is 17.7 Å². The molecule has 2 rings (SSSR count). The van der Waals surface area contributed by atoms with Crippen molar-refractivity contribution in [1.29, 1.82) is 0 Å². The Balaban J connectivity index is 2.46. The predicted octanol–water partition coefficient (Wildman–Crippen LogP) is 3.89. The van der Waals surface area contributed by atoms with Crippen LogP contribution in [0.15, 0.2) is 54.6 Å². The monoisotopic (exact) mass is 386 g/mol. The number of ketones is 1. The SMILES string of the molecule is CC(=O)[C@@](Cc1ccc(F)cc1)(OC(=O)c1ccccc1)C(=O)OC(C)(C)C. The molecular weight excluding hydrogens is 363 g/mol. The maximum atomic E-state index is 13.2. The highest BCUT2D eigenvalue weighted by Crippen LogP contribution is 2.26. The molecule has 0 bridgehead atoms. The zero-order valence-electron chi connectivity index (χ0n) is 16.3. The fraction of sp³-hybridized carbons (Fsp3) is 0.318. The van der Waals surface area contributed by atoms with Crippen LogP contribution in [-0.4, -0.2) is 28.9 Å². The molecule has 2 aromatic carbocycles. The van der Waals surface area contributed by atoms with E-state index in [4.69, 9.17) is 9.47 Å². The number of carbonyl (C=O) groups is 3. The van der Waals surface area contributed by atoms with E-state index >= 15 is 0 Å². The zero-order chi connectivity index (χ0) is 20.9. The lowest BCUT2D eigenvalue weighted by atomic mass is 9.90. The van der Waals surface area contributed by atoms with E-state index in [1.807, 2.05) is 0 Å². The summed E-state index contributed by atoms with van der Waals surface area (Å²) in [5.41, 5.74) is -2.45. The van der Waals surface area contributed by atoms with Crippen LogP contribution in [0.3, 0.4) is 0 Å². The maximum absolute atomic E-state index is 13.2. The second-order valence-electron chi connectivity index (χ2n) is 7.44. The first-order valence-electron chi connectivity index (χ1n) is 8.81. The van der Waals surface area contributed by atoms with Gasteiger partial charge in [-0.05, 0) is 57.5 Å². The minimum atomic E-state index is -2.18. The van der Waals surface area contributed by atoms with Crippen molar-refractivity contribution in [1.82, 2.24) is 0 Å². The fourth-order valence-electron chi connectivity index (χ4n) is 2.53. The van der Waals surface area contributed by atoms with Crippen LogP contribution in [-0.2, 0) is 25.5 Å². The summed E-state index contributed by atoms with van der Waals surface area (Å²) in [4.78, 5) is 38.2. The molecule has 0 saturated heterocycles. The molecule has 0 aliphatic carbocycles. The third kappa shape index (κ3) is 5.25. The Morgan fingerprint density at radius 3 is 1.96 bits per heavy atom. The summed E-state index contributed by atoms with van der Waals surface area (Å²) in [7, 11) is 0. The molecule has 5 nitrogen and oxygen atoms in total. The van der Waals surface area contributed by atoms with Gasteiger partial charge in [-0.3, -0.25) is 4.79 Å². The number of hydrogen-bond donors (Lipinski definition) is 0. The quantitative estimate of drug-likeness (QED) is 0.556. The van der Waals surface area contributed by atoms with Gasteiger partial charge in [-0.25, -0.2) is 14.0 Å². The largest absolute Gasteiger partial charge is 0.457 e. The van der Waals surface area contributed by atoms with Crippen molar-refractivity contribution in [2.24, 2.45) is 0 Å². The lowest BCUT2D eigenvalue weighted by molar-refractivity contribution is -0.180. The minimum Gasteiger partial charge on any atom is -0.457 e. The minimum absolute atomic E-state index is 0.191. The molecule has 0 radical (unpaired) electrons. The predicted molar refractivity (Wildman–Crippen MR) is 101 cm³/mol. The highest BCUT2D eigenvalue weighted by molar-refractivity contribution is 6.09. The topological polar surface area (TPSA) is 69.7 Å². The third-order valence-electron chi connectivity index (χ3n) is 3.94. The number of benzene rings is 2. The van der Waals surface area contributed by atoms with Gasteiger partial charge < -0.3 is 9.47 Å². The van der Waals surface area contributed by atoms with Gasteiger partial charge in [0.05, 0.1) is 5.56 Å². The first-order valence-corrected chi connectivity index (χ1v) is 8.81. The first kappa shape index (κ1) is 21.3. The van der Waals surface area contributed by atoms with E-state index in [1.165, 1.54) is 36.4 Å². The number of ether oxygens (including phenoxy) is 2. The summed E-state index contributed by atoms with van der Waals surface area (Å²) in [6.07, 6.45) is -0.268. The van der Waals surface area contributed by atoms with Gasteiger partial charge in [-0.1, -0.05) is 30.3 Å². The van der Waals surface area contributed by atoms with Gasteiger partial charge in [0.1, 0.15) is 11.4 Å². The molecule has 2 aromatic rings. The third-order valence-corrected chi connectivity index (χ3v) is 3.94. The van der Waals surface area contributed by atoms with Gasteiger partial charge in [0, 0.05) is 6.42 Å². The van der Waals surface area contributed by atoms with Crippen molar-refractivity contribution in [3.8, 4) is 0 Å². The summed E-state index contributed by atoms with van der Waals surface area (Å²) in [6, 6.07) is 13.3. The van der Waals surface area contributed by atoms with Gasteiger partial charge in [-0.2, -0.15) is 0 Å². The number of carbonyl (C=O) groups excluding carboxylic acids is 3. The molecule has 6 heteroatoms. The molecule has 0 amide bonds. The van der Waals surface area contributed by atoms with Crippen LogP contribution in [0, 0.1) is 5.82 Å². The molecular formula is C22H23FO5. The molecule has 0 unspecified atom stereocenters. The molecule has 0 aliphatic heterocycles. The van der Waals surface area contributed by atoms with E-state index in [9.17, 15) is 18.8 Å². The Hall–Kier alpha value is -3.02. The second-order valence-corrected chi connectivity index (χ2v) is 7.44. The van der Waals surface area contributed by atoms with Crippen molar-refractivity contribution in [3.05, 3.63) is 71.5 Å². The molecule has 0 saturated carbocycles. The summed E-state index contributed by atoms with van der Waals surface area (Å²) in [6.45, 7) is 6.10. The molecule has 28 heavy (non-hydrogen) atoms. The number of hydrogen-bond acceptors (Lipinski definition) is 5. The van der Waals surface area contributed by atoms with E-state index in [0.717, 1.165) is 6.92 Å². The van der Waals surface area contributed by atoms with Crippen molar-refractivity contribution in [2.45, 2.75) is 45.3 Å². The van der Waals surface area contributed by atoms with Crippen molar-refractivity contribution in [3.63, 3.8) is 0 Å². The number of rotatable bonds is 6. The molecule has 1 atom stereocenters. The van der Waals surface area contributed by atoms with E-state index in [1.54, 1.807) is 39.0 Å². The summed E-state index contributed by atoms with van der Waals surface area (Å²) in [5, 5.41) is 0. The van der Waals surface area contributed by atoms with Crippen LogP contribution in [0.4, 0.5) is 4.39 Å². The molecule has 0 aliphatic rings. The molecule has 0 aromatic heterocycles. The Morgan fingerprint density at radius 2 is 1.46 bits per heavy atom. The van der Waals surface area contributed by atoms with Gasteiger partial charge in [0.2, 0.25) is 0 Å². The Kier molecular flexibility index (Phi) is 6.33. The fourth-order valence-corrected chi connectivity index (χ4v) is 2.53. The number of halogens is 1. The van der Waals surface area contributed by atoms with Crippen LogP contribution in [0.25, 0.3) is 0 Å². The maximum Gasteiger partial charge on any atom is 0.359 e. The molecule has 0 N–H and O–H groups in total. The number of Topliss-reactive ketones (excluding diaryl/α,β-unsaturated/α-hetero) is 1. The van der Waals surface area contributed by atoms with Crippen LogP contribution in [0.5, 0.6) is 0 Å². The summed E-state index contributed by atoms with van der Waals surface area (Å²) in [5.74, 6) is -2.95. The summed E-state index contributed by atoms with van der Waals surface area (Å²) < 4.78 is 24.1. The lowest BCUT2D eigenvalue weighted by Gasteiger charge is -2.32. The van der Waals surface area contributed by atoms with Gasteiger partial charge in [0.25, 0.3) is 5.60 Å². The number of esters is 2. The Labute approximate surface area is 163 Å². The van der Waals surface area contributed by atoms with Crippen molar-refractivity contribution in [2.75, 3.05) is 0 Å². The smallest absolute Gasteiger partial charge is 0.359 e. The highest BCUT2D eigenvalue weighted by Gasteiger charge is 2.50. The molecule has 148 valence electrons. The van der Waals surface area contributed by atoms with E-state index in [0.29, 0.717) is 5.56 Å². The van der Waals surface area contributed by atoms with Crippen LogP contribution >= 0.6 is 0 Å². The summed E-state index contributed by atoms with van der Waals surface area (Å²) >= 11 is 0. The molecule has 0 spiro atoms. The van der Waals surface area contributed by atoms with E-state index in [-0.39, 0.29) is 12.0 Å². The Morgan fingerprint density at radius 1 is 0.893 bits per heavy atom. The van der Waals surface area contributed by atoms with Gasteiger partial charge in [0.15, 0.2) is 5.78 Å². The zero-order valence-corrected chi connectivity index (χ0v) is 16.3. The van der Waals surface area contributed by atoms with E-state index in [2.05, 4.69) is 0 Å². The van der Waals surface area contributed by atoms with Crippen LogP contribution in [0.1, 0.15) is 43.6 Å². The second kappa shape index (κ2) is 8.33.